The largest absolute Gasteiger partial charge is 0.377 e. The summed E-state index contributed by atoms with van der Waals surface area (Å²) in [5.74, 6) is 1.77. The summed E-state index contributed by atoms with van der Waals surface area (Å²) in [6.07, 6.45) is 8.58. The van der Waals surface area contributed by atoms with Crippen LogP contribution in [0.4, 0.5) is 0 Å². The highest BCUT2D eigenvalue weighted by atomic mass is 16.5. The first-order valence-electron chi connectivity index (χ1n) is 9.20. The first kappa shape index (κ1) is 17.2. The molecule has 1 heterocycles. The fourth-order valence-corrected chi connectivity index (χ4v) is 4.57. The second kappa shape index (κ2) is 8.50. The molecule has 3 nitrogen and oxygen atoms in total. The third-order valence-corrected chi connectivity index (χ3v) is 5.68. The maximum atomic E-state index is 5.75. The first-order valence-corrected chi connectivity index (χ1v) is 9.20. The fourth-order valence-electron chi connectivity index (χ4n) is 4.57. The van der Waals surface area contributed by atoms with Gasteiger partial charge in [-0.2, -0.15) is 0 Å². The van der Waals surface area contributed by atoms with E-state index < -0.39 is 0 Å². The van der Waals surface area contributed by atoms with Crippen molar-refractivity contribution in [2.45, 2.75) is 77.5 Å². The molecule has 0 spiro atoms. The molecule has 0 aromatic carbocycles. The number of rotatable bonds is 7. The second-order valence-electron chi connectivity index (χ2n) is 7.26. The molecule has 0 amide bonds. The molecule has 1 saturated carbocycles. The average Bonchev–Trinajstić information content (AvgIpc) is 2.88. The third-order valence-electron chi connectivity index (χ3n) is 5.68. The second-order valence-corrected chi connectivity index (χ2v) is 7.26. The van der Waals surface area contributed by atoms with E-state index in [-0.39, 0.29) is 0 Å². The van der Waals surface area contributed by atoms with Crippen LogP contribution >= 0.6 is 0 Å². The molecule has 5 atom stereocenters. The number of nitrogens with one attached hydrogen (secondary N) is 1. The zero-order valence-corrected chi connectivity index (χ0v) is 14.6. The Balaban J connectivity index is 1.91. The molecule has 2 rings (SSSR count). The fraction of sp³-hybridized carbons (Fsp3) is 1.00. The zero-order valence-electron chi connectivity index (χ0n) is 14.6. The minimum atomic E-state index is 0.405. The Bertz CT molecular complexity index is 297. The summed E-state index contributed by atoms with van der Waals surface area (Å²) in [6, 6.07) is 1.35. The van der Waals surface area contributed by atoms with E-state index in [0.717, 1.165) is 31.0 Å². The van der Waals surface area contributed by atoms with Crippen LogP contribution in [0.3, 0.4) is 0 Å². The molecule has 0 radical (unpaired) electrons. The Morgan fingerprint density at radius 3 is 2.62 bits per heavy atom. The quantitative estimate of drug-likeness (QED) is 0.780. The highest BCUT2D eigenvalue weighted by molar-refractivity contribution is 4.89. The Morgan fingerprint density at radius 2 is 2.00 bits per heavy atom. The van der Waals surface area contributed by atoms with E-state index in [0.29, 0.717) is 12.1 Å². The van der Waals surface area contributed by atoms with Gasteiger partial charge in [0.25, 0.3) is 0 Å². The van der Waals surface area contributed by atoms with Gasteiger partial charge in [-0.25, -0.2) is 0 Å². The summed E-state index contributed by atoms with van der Waals surface area (Å²) in [6.45, 7) is 10.1. The van der Waals surface area contributed by atoms with Crippen LogP contribution in [0.25, 0.3) is 0 Å². The monoisotopic (exact) mass is 296 g/mol. The zero-order chi connectivity index (χ0) is 15.2. The topological polar surface area (TPSA) is 24.5 Å². The van der Waals surface area contributed by atoms with E-state index in [1.165, 1.54) is 45.1 Å². The van der Waals surface area contributed by atoms with Gasteiger partial charge < -0.3 is 15.0 Å². The third kappa shape index (κ3) is 4.67. The molecule has 1 aliphatic carbocycles. The SMILES string of the molecule is CCCC1CCC(NCC)C(CN(C)C2CCOC2C)C1. The lowest BCUT2D eigenvalue weighted by molar-refractivity contribution is 0.0665. The van der Waals surface area contributed by atoms with Crippen molar-refractivity contribution in [1.29, 1.82) is 0 Å². The molecule has 21 heavy (non-hydrogen) atoms. The summed E-state index contributed by atoms with van der Waals surface area (Å²) < 4.78 is 5.75. The first-order chi connectivity index (χ1) is 10.2. The van der Waals surface area contributed by atoms with Crippen LogP contribution in [0.15, 0.2) is 0 Å². The van der Waals surface area contributed by atoms with Crippen LogP contribution < -0.4 is 5.32 Å². The number of nitrogens with zero attached hydrogens (tertiary/aromatic N) is 1. The van der Waals surface area contributed by atoms with Gasteiger partial charge in [-0.3, -0.25) is 0 Å². The molecule has 1 saturated heterocycles. The van der Waals surface area contributed by atoms with E-state index in [1.807, 2.05) is 0 Å². The van der Waals surface area contributed by atoms with Crippen molar-refractivity contribution >= 4 is 0 Å². The Morgan fingerprint density at radius 1 is 1.19 bits per heavy atom. The van der Waals surface area contributed by atoms with Gasteiger partial charge in [0.2, 0.25) is 0 Å². The van der Waals surface area contributed by atoms with Crippen molar-refractivity contribution in [2.75, 3.05) is 26.7 Å². The number of hydrogen-bond acceptors (Lipinski definition) is 3. The van der Waals surface area contributed by atoms with Crippen molar-refractivity contribution in [2.24, 2.45) is 11.8 Å². The standard InChI is InChI=1S/C18H36N2O/c1-5-7-15-8-9-17(19-6-2)16(12-15)13-20(4)18-10-11-21-14(18)3/h14-19H,5-13H2,1-4H3. The highest BCUT2D eigenvalue weighted by Crippen LogP contribution is 2.33. The number of likely N-dealkylation sites (N-methyl/N-ethyl adjacent to an activating group) is 1. The molecule has 0 bridgehead atoms. The van der Waals surface area contributed by atoms with Crippen LogP contribution in [-0.2, 0) is 4.74 Å². The van der Waals surface area contributed by atoms with E-state index in [2.05, 4.69) is 38.0 Å². The van der Waals surface area contributed by atoms with Crippen LogP contribution in [-0.4, -0.2) is 49.8 Å². The molecule has 2 fully saturated rings. The molecular formula is C18H36N2O. The van der Waals surface area contributed by atoms with Crippen molar-refractivity contribution < 1.29 is 4.74 Å². The Labute approximate surface area is 131 Å². The van der Waals surface area contributed by atoms with Gasteiger partial charge in [0, 0.05) is 25.2 Å². The van der Waals surface area contributed by atoms with Gasteiger partial charge in [0.1, 0.15) is 0 Å². The molecule has 0 aromatic rings. The Hall–Kier alpha value is -0.120. The number of hydrogen-bond donors (Lipinski definition) is 1. The van der Waals surface area contributed by atoms with Gasteiger partial charge in [-0.1, -0.05) is 26.7 Å². The molecule has 124 valence electrons. The van der Waals surface area contributed by atoms with Gasteiger partial charge >= 0.3 is 0 Å². The van der Waals surface area contributed by atoms with Gasteiger partial charge in [0.05, 0.1) is 6.10 Å². The van der Waals surface area contributed by atoms with Crippen LogP contribution in [0, 0.1) is 11.8 Å². The van der Waals surface area contributed by atoms with Crippen molar-refractivity contribution in [3.8, 4) is 0 Å². The molecule has 3 heteroatoms. The highest BCUT2D eigenvalue weighted by Gasteiger charge is 2.34. The summed E-state index contributed by atoms with van der Waals surface area (Å²) in [4.78, 5) is 2.58. The predicted octanol–water partition coefficient (Wildman–Crippen LogP) is 3.29. The summed E-state index contributed by atoms with van der Waals surface area (Å²) in [5.41, 5.74) is 0. The van der Waals surface area contributed by atoms with E-state index in [9.17, 15) is 0 Å². The molecule has 2 aliphatic rings. The minimum absolute atomic E-state index is 0.405. The molecule has 1 N–H and O–H groups in total. The van der Waals surface area contributed by atoms with Crippen molar-refractivity contribution in [1.82, 2.24) is 10.2 Å². The van der Waals surface area contributed by atoms with E-state index in [4.69, 9.17) is 4.74 Å². The molecular weight excluding hydrogens is 260 g/mol. The lowest BCUT2D eigenvalue weighted by Crippen LogP contribution is -2.48. The Kier molecular flexibility index (Phi) is 6.97. The van der Waals surface area contributed by atoms with Gasteiger partial charge in [0.15, 0.2) is 0 Å². The lowest BCUT2D eigenvalue weighted by atomic mass is 9.76. The van der Waals surface area contributed by atoms with Gasteiger partial charge in [-0.15, -0.1) is 0 Å². The maximum absolute atomic E-state index is 5.75. The summed E-state index contributed by atoms with van der Waals surface area (Å²) in [7, 11) is 2.31. The van der Waals surface area contributed by atoms with Crippen molar-refractivity contribution in [3.05, 3.63) is 0 Å². The number of ether oxygens (including phenoxy) is 1. The smallest absolute Gasteiger partial charge is 0.0702 e. The lowest BCUT2D eigenvalue weighted by Gasteiger charge is -2.40. The predicted molar refractivity (Wildman–Crippen MR) is 89.7 cm³/mol. The molecule has 5 unspecified atom stereocenters. The van der Waals surface area contributed by atoms with E-state index in [1.54, 1.807) is 0 Å². The average molecular weight is 296 g/mol. The summed E-state index contributed by atoms with van der Waals surface area (Å²) >= 11 is 0. The van der Waals surface area contributed by atoms with Crippen LogP contribution in [0.1, 0.15) is 59.3 Å². The van der Waals surface area contributed by atoms with Gasteiger partial charge in [-0.05, 0) is 58.0 Å². The molecule has 0 aromatic heterocycles. The summed E-state index contributed by atoms with van der Waals surface area (Å²) in [5, 5.41) is 3.75. The molecule has 1 aliphatic heterocycles. The van der Waals surface area contributed by atoms with Crippen LogP contribution in [0.2, 0.25) is 0 Å². The minimum Gasteiger partial charge on any atom is -0.377 e. The van der Waals surface area contributed by atoms with E-state index >= 15 is 0 Å². The van der Waals surface area contributed by atoms with Crippen molar-refractivity contribution in [3.63, 3.8) is 0 Å². The normalized spacial score (nSPS) is 37.3. The maximum Gasteiger partial charge on any atom is 0.0702 e. The van der Waals surface area contributed by atoms with Crippen LogP contribution in [0.5, 0.6) is 0 Å².